The third-order valence-electron chi connectivity index (χ3n) is 4.06. The smallest absolute Gasteiger partial charge is 0.272 e. The lowest BCUT2D eigenvalue weighted by Crippen LogP contribution is -2.31. The van der Waals surface area contributed by atoms with Crippen LogP contribution >= 0.6 is 0 Å². The van der Waals surface area contributed by atoms with E-state index in [-0.39, 0.29) is 5.91 Å². The highest BCUT2D eigenvalue weighted by atomic mass is 16.5. The number of amides is 1. The molecule has 0 fully saturated rings. The zero-order valence-corrected chi connectivity index (χ0v) is 15.4. The molecular weight excluding hydrogens is 340 g/mol. The van der Waals surface area contributed by atoms with E-state index in [4.69, 9.17) is 4.74 Å². The van der Waals surface area contributed by atoms with Crippen LogP contribution in [0.2, 0.25) is 0 Å². The van der Waals surface area contributed by atoms with Crippen molar-refractivity contribution in [1.82, 2.24) is 14.9 Å². The Morgan fingerprint density at radius 1 is 1.00 bits per heavy atom. The maximum atomic E-state index is 12.5. The molecule has 3 rings (SSSR count). The Bertz CT molecular complexity index is 895. The number of para-hydroxylation sites is 3. The number of rotatable bonds is 7. The summed E-state index contributed by atoms with van der Waals surface area (Å²) >= 11 is 0. The molecule has 0 saturated carbocycles. The first-order valence-corrected chi connectivity index (χ1v) is 8.91. The Morgan fingerprint density at radius 2 is 1.70 bits per heavy atom. The molecule has 0 atom stereocenters. The number of hydrogen-bond acceptors (Lipinski definition) is 5. The van der Waals surface area contributed by atoms with E-state index in [0.29, 0.717) is 30.4 Å². The molecule has 3 aromatic rings. The molecule has 1 aromatic heterocycles. The number of ether oxygens (including phenoxy) is 1. The molecule has 0 bridgehead atoms. The van der Waals surface area contributed by atoms with E-state index in [2.05, 4.69) is 15.3 Å². The number of benzene rings is 2. The molecule has 6 heteroatoms. The van der Waals surface area contributed by atoms with Crippen molar-refractivity contribution in [2.24, 2.45) is 0 Å². The van der Waals surface area contributed by atoms with E-state index in [9.17, 15) is 4.79 Å². The number of aromatic nitrogens is 2. The molecule has 0 spiro atoms. The van der Waals surface area contributed by atoms with E-state index in [1.54, 1.807) is 11.0 Å². The van der Waals surface area contributed by atoms with E-state index < -0.39 is 0 Å². The summed E-state index contributed by atoms with van der Waals surface area (Å²) in [6, 6.07) is 18.8. The zero-order valence-electron chi connectivity index (χ0n) is 15.4. The first-order valence-electron chi connectivity index (χ1n) is 8.91. The van der Waals surface area contributed by atoms with Gasteiger partial charge in [-0.3, -0.25) is 4.79 Å². The van der Waals surface area contributed by atoms with Gasteiger partial charge in [0.05, 0.1) is 5.69 Å². The second-order valence-electron chi connectivity index (χ2n) is 5.80. The van der Waals surface area contributed by atoms with Crippen molar-refractivity contribution in [3.63, 3.8) is 0 Å². The number of nitrogens with zero attached hydrogens (tertiary/aromatic N) is 3. The predicted molar refractivity (Wildman–Crippen MR) is 106 cm³/mol. The van der Waals surface area contributed by atoms with Gasteiger partial charge in [0.25, 0.3) is 5.91 Å². The van der Waals surface area contributed by atoms with Crippen molar-refractivity contribution < 1.29 is 9.53 Å². The number of anilines is 2. The van der Waals surface area contributed by atoms with Crippen molar-refractivity contribution in [3.8, 4) is 11.5 Å². The van der Waals surface area contributed by atoms with Crippen LogP contribution in [0.5, 0.6) is 11.5 Å². The summed E-state index contributed by atoms with van der Waals surface area (Å²) in [4.78, 5) is 22.6. The van der Waals surface area contributed by atoms with Crippen molar-refractivity contribution in [1.29, 1.82) is 0 Å². The highest BCUT2D eigenvalue weighted by Gasteiger charge is 2.15. The summed E-state index contributed by atoms with van der Waals surface area (Å²) in [6.07, 6.45) is 1.39. The summed E-state index contributed by atoms with van der Waals surface area (Å²) in [5, 5.41) is 3.22. The van der Waals surface area contributed by atoms with Crippen molar-refractivity contribution in [3.05, 3.63) is 72.7 Å². The van der Waals surface area contributed by atoms with Crippen molar-refractivity contribution in [2.75, 3.05) is 18.4 Å². The Morgan fingerprint density at radius 3 is 2.44 bits per heavy atom. The van der Waals surface area contributed by atoms with Crippen LogP contribution in [0.25, 0.3) is 0 Å². The molecule has 0 unspecified atom stereocenters. The van der Waals surface area contributed by atoms with Crippen LogP contribution < -0.4 is 10.1 Å². The monoisotopic (exact) mass is 362 g/mol. The SMILES string of the molecule is CCN(CC)C(=O)c1cc(Nc2ccccc2Oc2ccccc2)ncn1. The van der Waals surface area contributed by atoms with Crippen molar-refractivity contribution in [2.45, 2.75) is 13.8 Å². The number of nitrogens with one attached hydrogen (secondary N) is 1. The predicted octanol–water partition coefficient (Wildman–Crippen LogP) is 4.49. The highest BCUT2D eigenvalue weighted by Crippen LogP contribution is 2.31. The Kier molecular flexibility index (Phi) is 5.99. The lowest BCUT2D eigenvalue weighted by atomic mass is 10.2. The molecule has 1 N–H and O–H groups in total. The zero-order chi connectivity index (χ0) is 19.1. The standard InChI is InChI=1S/C21H22N4O2/c1-3-25(4-2)21(26)18-14-20(23-15-22-18)24-17-12-8-9-13-19(17)27-16-10-6-5-7-11-16/h5-15H,3-4H2,1-2H3,(H,22,23,24). The van der Waals surface area contributed by atoms with Gasteiger partial charge in [-0.1, -0.05) is 30.3 Å². The molecule has 0 aliphatic rings. The number of hydrogen-bond donors (Lipinski definition) is 1. The molecule has 0 radical (unpaired) electrons. The maximum absolute atomic E-state index is 12.5. The van der Waals surface area contributed by atoms with Crippen molar-refractivity contribution >= 4 is 17.4 Å². The quantitative estimate of drug-likeness (QED) is 0.670. The molecule has 1 amide bonds. The lowest BCUT2D eigenvalue weighted by Gasteiger charge is -2.18. The van der Waals surface area contributed by atoms with Gasteiger partial charge in [-0.05, 0) is 38.1 Å². The second kappa shape index (κ2) is 8.80. The molecule has 0 aliphatic carbocycles. The van der Waals surface area contributed by atoms with Gasteiger partial charge < -0.3 is 15.0 Å². The largest absolute Gasteiger partial charge is 0.455 e. The van der Waals surface area contributed by atoms with E-state index in [0.717, 1.165) is 11.4 Å². The Balaban J connectivity index is 1.82. The highest BCUT2D eigenvalue weighted by molar-refractivity contribution is 5.93. The minimum absolute atomic E-state index is 0.112. The lowest BCUT2D eigenvalue weighted by molar-refractivity contribution is 0.0767. The summed E-state index contributed by atoms with van der Waals surface area (Å²) in [5.41, 5.74) is 1.11. The molecule has 0 saturated heterocycles. The fraction of sp³-hybridized carbons (Fsp3) is 0.190. The average molecular weight is 362 g/mol. The fourth-order valence-electron chi connectivity index (χ4n) is 2.63. The normalized spacial score (nSPS) is 10.3. The molecule has 138 valence electrons. The van der Waals surface area contributed by atoms with Gasteiger partial charge in [0.15, 0.2) is 5.75 Å². The molecular formula is C21H22N4O2. The minimum Gasteiger partial charge on any atom is -0.455 e. The van der Waals surface area contributed by atoms with Gasteiger partial charge in [0, 0.05) is 19.2 Å². The van der Waals surface area contributed by atoms with Crippen LogP contribution in [0.3, 0.4) is 0 Å². The first-order chi connectivity index (χ1) is 13.2. The maximum Gasteiger partial charge on any atom is 0.272 e. The van der Waals surface area contributed by atoms with E-state index in [1.807, 2.05) is 68.4 Å². The molecule has 27 heavy (non-hydrogen) atoms. The third kappa shape index (κ3) is 4.61. The molecule has 0 aliphatic heterocycles. The topological polar surface area (TPSA) is 67.4 Å². The Hall–Kier alpha value is -3.41. The summed E-state index contributed by atoms with van der Waals surface area (Å²) in [5.74, 6) is 1.83. The Labute approximate surface area is 158 Å². The van der Waals surface area contributed by atoms with Gasteiger partial charge in [-0.2, -0.15) is 0 Å². The van der Waals surface area contributed by atoms with Gasteiger partial charge in [0.1, 0.15) is 23.6 Å². The van der Waals surface area contributed by atoms with Crippen LogP contribution in [0.15, 0.2) is 67.0 Å². The number of carbonyl (C=O) groups is 1. The molecule has 1 heterocycles. The fourth-order valence-corrected chi connectivity index (χ4v) is 2.63. The first kappa shape index (κ1) is 18.4. The second-order valence-corrected chi connectivity index (χ2v) is 5.80. The number of carbonyl (C=O) groups excluding carboxylic acids is 1. The van der Waals surface area contributed by atoms with Gasteiger partial charge in [-0.25, -0.2) is 9.97 Å². The van der Waals surface area contributed by atoms with Gasteiger partial charge >= 0.3 is 0 Å². The molecule has 6 nitrogen and oxygen atoms in total. The van der Waals surface area contributed by atoms with E-state index >= 15 is 0 Å². The summed E-state index contributed by atoms with van der Waals surface area (Å²) in [6.45, 7) is 5.16. The summed E-state index contributed by atoms with van der Waals surface area (Å²) in [7, 11) is 0. The van der Waals surface area contributed by atoms with Crippen LogP contribution in [0.1, 0.15) is 24.3 Å². The molecule has 2 aromatic carbocycles. The van der Waals surface area contributed by atoms with Crippen LogP contribution in [-0.2, 0) is 0 Å². The van der Waals surface area contributed by atoms with Crippen LogP contribution in [-0.4, -0.2) is 33.9 Å². The van der Waals surface area contributed by atoms with E-state index in [1.165, 1.54) is 6.33 Å². The van der Waals surface area contributed by atoms with Crippen LogP contribution in [0.4, 0.5) is 11.5 Å². The van der Waals surface area contributed by atoms with Gasteiger partial charge in [-0.15, -0.1) is 0 Å². The third-order valence-corrected chi connectivity index (χ3v) is 4.06. The van der Waals surface area contributed by atoms with Crippen LogP contribution in [0, 0.1) is 0 Å². The average Bonchev–Trinajstić information content (AvgIpc) is 2.71. The summed E-state index contributed by atoms with van der Waals surface area (Å²) < 4.78 is 5.95. The minimum atomic E-state index is -0.112. The van der Waals surface area contributed by atoms with Gasteiger partial charge in [0.2, 0.25) is 0 Å².